The van der Waals surface area contributed by atoms with Crippen LogP contribution in [-0.4, -0.2) is 19.6 Å². The number of hydrogen-bond donors (Lipinski definition) is 1. The van der Waals surface area contributed by atoms with Crippen molar-refractivity contribution in [1.82, 2.24) is 0 Å². The van der Waals surface area contributed by atoms with E-state index in [1.807, 2.05) is 0 Å². The van der Waals surface area contributed by atoms with Crippen LogP contribution in [0.25, 0.3) is 0 Å². The highest BCUT2D eigenvalue weighted by atomic mass is 15.2. The molecule has 1 aliphatic carbocycles. The highest BCUT2D eigenvalue weighted by Gasteiger charge is 2.32. The van der Waals surface area contributed by atoms with Crippen LogP contribution in [0.3, 0.4) is 0 Å². The third kappa shape index (κ3) is 2.38. The second-order valence-electron chi connectivity index (χ2n) is 4.77. The molecule has 0 heterocycles. The van der Waals surface area contributed by atoms with Crippen molar-refractivity contribution in [3.63, 3.8) is 0 Å². The van der Waals surface area contributed by atoms with E-state index in [0.717, 1.165) is 18.9 Å². The molecule has 1 saturated carbocycles. The van der Waals surface area contributed by atoms with Crippen LogP contribution in [0.1, 0.15) is 25.3 Å². The van der Waals surface area contributed by atoms with Gasteiger partial charge in [-0.1, -0.05) is 19.1 Å². The van der Waals surface area contributed by atoms with Crippen molar-refractivity contribution in [2.75, 3.05) is 18.5 Å². The quantitative estimate of drug-likeness (QED) is 0.822. The van der Waals surface area contributed by atoms with Gasteiger partial charge in [0.1, 0.15) is 0 Å². The van der Waals surface area contributed by atoms with E-state index in [1.54, 1.807) is 0 Å². The van der Waals surface area contributed by atoms with Crippen LogP contribution >= 0.6 is 0 Å². The van der Waals surface area contributed by atoms with Crippen LogP contribution in [0.5, 0.6) is 0 Å². The summed E-state index contributed by atoms with van der Waals surface area (Å²) in [5.41, 5.74) is 8.55. The van der Waals surface area contributed by atoms with Gasteiger partial charge in [-0.05, 0) is 42.9 Å². The van der Waals surface area contributed by atoms with Crippen LogP contribution in [0, 0.1) is 5.92 Å². The maximum Gasteiger partial charge on any atom is 0.0437 e. The van der Waals surface area contributed by atoms with E-state index in [2.05, 4.69) is 43.1 Å². The van der Waals surface area contributed by atoms with Gasteiger partial charge >= 0.3 is 0 Å². The fourth-order valence-electron chi connectivity index (χ4n) is 2.31. The van der Waals surface area contributed by atoms with Crippen molar-refractivity contribution < 1.29 is 0 Å². The van der Waals surface area contributed by atoms with Gasteiger partial charge in [-0.2, -0.15) is 0 Å². The molecular weight excluding hydrogens is 196 g/mol. The molecule has 1 atom stereocenters. The SMILES string of the molecule is CCc1ccc(N(C)C(CN)C2CC2)cc1. The Balaban J connectivity index is 2.09. The summed E-state index contributed by atoms with van der Waals surface area (Å²) in [6.45, 7) is 2.95. The van der Waals surface area contributed by atoms with Crippen molar-refractivity contribution in [2.24, 2.45) is 11.7 Å². The lowest BCUT2D eigenvalue weighted by Gasteiger charge is -2.29. The average Bonchev–Trinajstić information content (AvgIpc) is 3.14. The van der Waals surface area contributed by atoms with E-state index in [4.69, 9.17) is 5.73 Å². The van der Waals surface area contributed by atoms with Crippen LogP contribution < -0.4 is 10.6 Å². The molecule has 1 aromatic carbocycles. The number of hydrogen-bond acceptors (Lipinski definition) is 2. The zero-order chi connectivity index (χ0) is 11.5. The minimum absolute atomic E-state index is 0.521. The summed E-state index contributed by atoms with van der Waals surface area (Å²) in [6, 6.07) is 9.37. The van der Waals surface area contributed by atoms with Gasteiger partial charge in [0.05, 0.1) is 0 Å². The maximum absolute atomic E-state index is 5.87. The third-order valence-corrected chi connectivity index (χ3v) is 3.66. The molecule has 2 heteroatoms. The molecule has 0 bridgehead atoms. The molecule has 0 amide bonds. The van der Waals surface area contributed by atoms with E-state index < -0.39 is 0 Å². The van der Waals surface area contributed by atoms with Gasteiger partial charge in [0.15, 0.2) is 0 Å². The van der Waals surface area contributed by atoms with E-state index in [1.165, 1.54) is 24.1 Å². The minimum atomic E-state index is 0.521. The van der Waals surface area contributed by atoms with Crippen LogP contribution in [0.15, 0.2) is 24.3 Å². The summed E-state index contributed by atoms with van der Waals surface area (Å²) in [4.78, 5) is 2.34. The number of nitrogens with zero attached hydrogens (tertiary/aromatic N) is 1. The molecule has 0 radical (unpaired) electrons. The van der Waals surface area contributed by atoms with Crippen molar-refractivity contribution in [1.29, 1.82) is 0 Å². The van der Waals surface area contributed by atoms with Gasteiger partial charge in [0.2, 0.25) is 0 Å². The molecule has 1 unspecified atom stereocenters. The molecule has 0 saturated heterocycles. The predicted octanol–water partition coefficient (Wildman–Crippen LogP) is 2.42. The Morgan fingerprint density at radius 2 is 1.94 bits per heavy atom. The highest BCUT2D eigenvalue weighted by Crippen LogP contribution is 2.36. The lowest BCUT2D eigenvalue weighted by molar-refractivity contribution is 0.570. The first-order valence-corrected chi connectivity index (χ1v) is 6.28. The number of nitrogens with two attached hydrogens (primary N) is 1. The number of likely N-dealkylation sites (N-methyl/N-ethyl adjacent to an activating group) is 1. The molecule has 1 aromatic rings. The summed E-state index contributed by atoms with van der Waals surface area (Å²) >= 11 is 0. The second kappa shape index (κ2) is 4.88. The number of anilines is 1. The first-order chi connectivity index (χ1) is 7.76. The number of benzene rings is 1. The zero-order valence-electron chi connectivity index (χ0n) is 10.3. The largest absolute Gasteiger partial charge is 0.370 e. The Kier molecular flexibility index (Phi) is 3.49. The molecule has 0 spiro atoms. The topological polar surface area (TPSA) is 29.3 Å². The standard InChI is InChI=1S/C14H22N2/c1-3-11-4-8-13(9-5-11)16(2)14(10-15)12-6-7-12/h4-5,8-9,12,14H,3,6-7,10,15H2,1-2H3. The lowest BCUT2D eigenvalue weighted by atomic mass is 10.1. The summed E-state index contributed by atoms with van der Waals surface area (Å²) in [5.74, 6) is 0.820. The highest BCUT2D eigenvalue weighted by molar-refractivity contribution is 5.48. The van der Waals surface area contributed by atoms with E-state index >= 15 is 0 Å². The normalized spacial score (nSPS) is 17.2. The van der Waals surface area contributed by atoms with Crippen LogP contribution in [-0.2, 0) is 6.42 Å². The maximum atomic E-state index is 5.87. The van der Waals surface area contributed by atoms with Gasteiger partial charge < -0.3 is 10.6 Å². The molecular formula is C14H22N2. The zero-order valence-corrected chi connectivity index (χ0v) is 10.3. The predicted molar refractivity (Wildman–Crippen MR) is 69.8 cm³/mol. The molecule has 0 aromatic heterocycles. The van der Waals surface area contributed by atoms with Gasteiger partial charge in [-0.3, -0.25) is 0 Å². The summed E-state index contributed by atoms with van der Waals surface area (Å²) < 4.78 is 0. The molecule has 1 aliphatic rings. The Bertz CT molecular complexity index is 327. The first kappa shape index (κ1) is 11.5. The monoisotopic (exact) mass is 218 g/mol. The molecule has 88 valence electrons. The smallest absolute Gasteiger partial charge is 0.0437 e. The first-order valence-electron chi connectivity index (χ1n) is 6.28. The number of aryl methyl sites for hydroxylation is 1. The van der Waals surface area contributed by atoms with Crippen LogP contribution in [0.2, 0.25) is 0 Å². The Morgan fingerprint density at radius 3 is 2.38 bits per heavy atom. The van der Waals surface area contributed by atoms with Crippen LogP contribution in [0.4, 0.5) is 5.69 Å². The Hall–Kier alpha value is -1.02. The molecule has 0 aliphatic heterocycles. The molecule has 2 nitrogen and oxygen atoms in total. The Morgan fingerprint density at radius 1 is 1.31 bits per heavy atom. The summed E-state index contributed by atoms with van der Waals surface area (Å²) in [5, 5.41) is 0. The molecule has 1 fully saturated rings. The molecule has 16 heavy (non-hydrogen) atoms. The van der Waals surface area contributed by atoms with Gasteiger partial charge in [0, 0.05) is 25.3 Å². The molecule has 2 N–H and O–H groups in total. The van der Waals surface area contributed by atoms with Crippen molar-refractivity contribution in [2.45, 2.75) is 32.2 Å². The van der Waals surface area contributed by atoms with E-state index in [9.17, 15) is 0 Å². The third-order valence-electron chi connectivity index (χ3n) is 3.66. The summed E-state index contributed by atoms with van der Waals surface area (Å²) in [6.07, 6.45) is 3.80. The Labute approximate surface area is 98.4 Å². The van der Waals surface area contributed by atoms with Crippen molar-refractivity contribution in [3.8, 4) is 0 Å². The minimum Gasteiger partial charge on any atom is -0.370 e. The fraction of sp³-hybridized carbons (Fsp3) is 0.571. The van der Waals surface area contributed by atoms with Gasteiger partial charge in [-0.25, -0.2) is 0 Å². The molecule has 2 rings (SSSR count). The summed E-state index contributed by atoms with van der Waals surface area (Å²) in [7, 11) is 2.16. The van der Waals surface area contributed by atoms with Gasteiger partial charge in [0.25, 0.3) is 0 Å². The van der Waals surface area contributed by atoms with E-state index in [-0.39, 0.29) is 0 Å². The van der Waals surface area contributed by atoms with Crippen molar-refractivity contribution >= 4 is 5.69 Å². The van der Waals surface area contributed by atoms with Gasteiger partial charge in [-0.15, -0.1) is 0 Å². The average molecular weight is 218 g/mol. The second-order valence-corrected chi connectivity index (χ2v) is 4.77. The number of rotatable bonds is 5. The fourth-order valence-corrected chi connectivity index (χ4v) is 2.31. The van der Waals surface area contributed by atoms with E-state index in [0.29, 0.717) is 6.04 Å². The lowest BCUT2D eigenvalue weighted by Crippen LogP contribution is -2.39. The van der Waals surface area contributed by atoms with Crippen molar-refractivity contribution in [3.05, 3.63) is 29.8 Å².